The molecule has 5 rings (SSSR count). The average Bonchev–Trinajstić information content (AvgIpc) is 3.18. The number of rotatable bonds is 5. The van der Waals surface area contributed by atoms with Crippen LogP contribution in [-0.4, -0.2) is 50.9 Å². The largest absolute Gasteiger partial charge is 0.443 e. The number of fused-ring (bicyclic) bond motifs is 3. The third-order valence-corrected chi connectivity index (χ3v) is 7.99. The summed E-state index contributed by atoms with van der Waals surface area (Å²) in [6.45, 7) is 1.91. The molecule has 0 bridgehead atoms. The molecule has 3 amide bonds. The minimum atomic E-state index is -1.18. The van der Waals surface area contributed by atoms with E-state index >= 15 is 0 Å². The van der Waals surface area contributed by atoms with E-state index in [0.29, 0.717) is 18.6 Å². The van der Waals surface area contributed by atoms with E-state index < -0.39 is 42.1 Å². The van der Waals surface area contributed by atoms with Gasteiger partial charge in [-0.3, -0.25) is 14.5 Å². The van der Waals surface area contributed by atoms with Crippen molar-refractivity contribution in [2.45, 2.75) is 51.0 Å². The number of hydrazone groups is 1. The quantitative estimate of drug-likeness (QED) is 0.423. The second-order valence-corrected chi connectivity index (χ2v) is 10.1. The lowest BCUT2D eigenvalue weighted by atomic mass is 9.60. The van der Waals surface area contributed by atoms with Crippen molar-refractivity contribution in [2.24, 2.45) is 28.8 Å². The monoisotopic (exact) mass is 505 g/mol. The molecule has 9 heteroatoms. The fraction of sp³-hybridized carbons (Fsp3) is 0.429. The minimum Gasteiger partial charge on any atom is -0.443 e. The second-order valence-electron chi connectivity index (χ2n) is 10.1. The molecular formula is C28H31N3O6. The number of carbonyl (C=O) groups is 3. The Hall–Kier alpha value is -3.56. The van der Waals surface area contributed by atoms with Gasteiger partial charge < -0.3 is 14.9 Å². The highest BCUT2D eigenvalue weighted by atomic mass is 16.6. The van der Waals surface area contributed by atoms with Gasteiger partial charge in [0.25, 0.3) is 0 Å². The van der Waals surface area contributed by atoms with Crippen molar-refractivity contribution in [3.05, 3.63) is 71.8 Å². The van der Waals surface area contributed by atoms with Crippen LogP contribution in [0, 0.1) is 23.7 Å². The SMILES string of the molecule is C[C@@H](c1ccccc1)N1C(=O)[C@H]2[C@H]3[C@H](O)[C@H](O)CC(=NNC(=O)OCc4ccccc4)[C@H]3CC[C@H]2C1=O. The van der Waals surface area contributed by atoms with Gasteiger partial charge in [0.15, 0.2) is 0 Å². The number of hydrogen-bond acceptors (Lipinski definition) is 7. The lowest BCUT2D eigenvalue weighted by Crippen LogP contribution is -2.55. The fourth-order valence-corrected chi connectivity index (χ4v) is 6.16. The number of nitrogens with zero attached hydrogens (tertiary/aromatic N) is 2. The summed E-state index contributed by atoms with van der Waals surface area (Å²) in [7, 11) is 0. The smallest absolute Gasteiger partial charge is 0.428 e. The van der Waals surface area contributed by atoms with Crippen molar-refractivity contribution < 1.29 is 29.3 Å². The molecule has 0 aromatic heterocycles. The van der Waals surface area contributed by atoms with Gasteiger partial charge >= 0.3 is 6.09 Å². The van der Waals surface area contributed by atoms with Gasteiger partial charge in [0.2, 0.25) is 11.8 Å². The maximum absolute atomic E-state index is 13.6. The predicted octanol–water partition coefficient (Wildman–Crippen LogP) is 2.78. The molecule has 9 nitrogen and oxygen atoms in total. The number of aliphatic hydroxyl groups is 2. The van der Waals surface area contributed by atoms with Crippen LogP contribution in [0.1, 0.15) is 43.4 Å². The zero-order valence-electron chi connectivity index (χ0n) is 20.6. The summed E-state index contributed by atoms with van der Waals surface area (Å²) in [5.74, 6) is -2.89. The first-order valence-electron chi connectivity index (χ1n) is 12.7. The van der Waals surface area contributed by atoms with Crippen molar-refractivity contribution >= 4 is 23.6 Å². The first-order chi connectivity index (χ1) is 17.9. The molecule has 0 unspecified atom stereocenters. The van der Waals surface area contributed by atoms with Gasteiger partial charge in [-0.25, -0.2) is 10.2 Å². The number of imide groups is 1. The lowest BCUT2D eigenvalue weighted by molar-refractivity contribution is -0.144. The lowest BCUT2D eigenvalue weighted by Gasteiger charge is -2.45. The van der Waals surface area contributed by atoms with Crippen molar-refractivity contribution in [1.29, 1.82) is 0 Å². The molecule has 3 fully saturated rings. The second kappa shape index (κ2) is 10.4. The number of nitrogens with one attached hydrogen (secondary N) is 1. The topological polar surface area (TPSA) is 129 Å². The Labute approximate surface area is 215 Å². The van der Waals surface area contributed by atoms with E-state index in [0.717, 1.165) is 11.1 Å². The van der Waals surface area contributed by atoms with Crippen molar-refractivity contribution in [3.63, 3.8) is 0 Å². The summed E-state index contributed by atoms with van der Waals surface area (Å²) in [5, 5.41) is 25.9. The first kappa shape index (κ1) is 25.1. The third kappa shape index (κ3) is 4.76. The Morgan fingerprint density at radius 3 is 2.38 bits per heavy atom. The van der Waals surface area contributed by atoms with Crippen LogP contribution in [-0.2, 0) is 20.9 Å². The van der Waals surface area contributed by atoms with Gasteiger partial charge in [0, 0.05) is 24.0 Å². The van der Waals surface area contributed by atoms with Gasteiger partial charge in [-0.1, -0.05) is 60.7 Å². The molecule has 7 atom stereocenters. The van der Waals surface area contributed by atoms with Crippen LogP contribution in [0.4, 0.5) is 4.79 Å². The van der Waals surface area contributed by atoms with E-state index in [1.165, 1.54) is 4.90 Å². The number of carbonyl (C=O) groups excluding carboxylic acids is 3. The Morgan fingerprint density at radius 2 is 1.68 bits per heavy atom. The van der Waals surface area contributed by atoms with Crippen LogP contribution in [0.5, 0.6) is 0 Å². The van der Waals surface area contributed by atoms with Crippen LogP contribution in [0.25, 0.3) is 0 Å². The first-order valence-corrected chi connectivity index (χ1v) is 12.7. The number of benzene rings is 2. The van der Waals surface area contributed by atoms with Gasteiger partial charge in [0.05, 0.1) is 30.1 Å². The molecule has 0 radical (unpaired) electrons. The molecular weight excluding hydrogens is 474 g/mol. The van der Waals surface area contributed by atoms with E-state index in [9.17, 15) is 24.6 Å². The molecule has 2 aliphatic carbocycles. The van der Waals surface area contributed by atoms with E-state index in [2.05, 4.69) is 10.5 Å². The zero-order chi connectivity index (χ0) is 26.1. The summed E-state index contributed by atoms with van der Waals surface area (Å²) >= 11 is 0. The molecule has 3 N–H and O–H groups in total. The summed E-state index contributed by atoms with van der Waals surface area (Å²) in [6.07, 6.45) is -2.03. The van der Waals surface area contributed by atoms with Gasteiger partial charge in [-0.15, -0.1) is 0 Å². The van der Waals surface area contributed by atoms with Crippen molar-refractivity contribution in [1.82, 2.24) is 10.3 Å². The van der Waals surface area contributed by atoms with Crippen molar-refractivity contribution in [2.75, 3.05) is 0 Å². The highest BCUT2D eigenvalue weighted by Crippen LogP contribution is 2.50. The highest BCUT2D eigenvalue weighted by Gasteiger charge is 2.60. The van der Waals surface area contributed by atoms with Crippen LogP contribution >= 0.6 is 0 Å². The molecule has 2 aromatic rings. The van der Waals surface area contributed by atoms with E-state index in [-0.39, 0.29) is 30.8 Å². The Morgan fingerprint density at radius 1 is 1.03 bits per heavy atom. The summed E-state index contributed by atoms with van der Waals surface area (Å²) < 4.78 is 5.21. The minimum absolute atomic E-state index is 0.0605. The Balaban J connectivity index is 1.33. The number of amides is 3. The summed E-state index contributed by atoms with van der Waals surface area (Å²) in [6, 6.07) is 18.1. The number of hydrogen-bond donors (Lipinski definition) is 3. The highest BCUT2D eigenvalue weighted by molar-refractivity contribution is 6.06. The van der Waals surface area contributed by atoms with Gasteiger partial charge in [-0.05, 0) is 30.9 Å². The molecule has 1 heterocycles. The average molecular weight is 506 g/mol. The molecule has 3 aliphatic rings. The van der Waals surface area contributed by atoms with E-state index in [1.54, 1.807) is 0 Å². The maximum Gasteiger partial charge on any atom is 0.428 e. The van der Waals surface area contributed by atoms with Crippen LogP contribution in [0.3, 0.4) is 0 Å². The molecule has 0 spiro atoms. The zero-order valence-corrected chi connectivity index (χ0v) is 20.6. The molecule has 194 valence electrons. The van der Waals surface area contributed by atoms with Crippen LogP contribution in [0.15, 0.2) is 65.8 Å². The predicted molar refractivity (Wildman–Crippen MR) is 134 cm³/mol. The van der Waals surface area contributed by atoms with Crippen molar-refractivity contribution in [3.8, 4) is 0 Å². The van der Waals surface area contributed by atoms with Crippen LogP contribution < -0.4 is 5.43 Å². The van der Waals surface area contributed by atoms with Gasteiger partial charge in [0.1, 0.15) is 6.61 Å². The van der Waals surface area contributed by atoms with E-state index in [4.69, 9.17) is 4.74 Å². The molecule has 2 aromatic carbocycles. The van der Waals surface area contributed by atoms with Gasteiger partial charge in [-0.2, -0.15) is 5.10 Å². The molecule has 1 aliphatic heterocycles. The molecule has 2 saturated carbocycles. The Kier molecular flexibility index (Phi) is 7.08. The van der Waals surface area contributed by atoms with Crippen LogP contribution in [0.2, 0.25) is 0 Å². The van der Waals surface area contributed by atoms with E-state index in [1.807, 2.05) is 67.6 Å². The maximum atomic E-state index is 13.6. The summed E-state index contributed by atoms with van der Waals surface area (Å²) in [4.78, 5) is 40.6. The third-order valence-electron chi connectivity index (χ3n) is 7.99. The fourth-order valence-electron chi connectivity index (χ4n) is 6.16. The normalized spacial score (nSPS) is 31.0. The number of aliphatic hydroxyl groups excluding tert-OH is 2. The molecule has 37 heavy (non-hydrogen) atoms. The standard InChI is InChI=1S/C28H31N3O6/c1-16(18-10-6-3-7-11-18)31-26(34)20-13-12-19-21(14-22(32)25(33)23(19)24(20)27(31)35)29-30-28(36)37-15-17-8-4-2-5-9-17/h2-11,16,19-20,22-25,32-33H,12-15H2,1H3,(H,30,36)/t16-,19+,20+,22+,23-,24+,25+/m0/s1. The summed E-state index contributed by atoms with van der Waals surface area (Å²) in [5.41, 5.74) is 4.57. The Bertz CT molecular complexity index is 1190. The number of ether oxygens (including phenoxy) is 1. The molecule has 1 saturated heterocycles. The number of likely N-dealkylation sites (tertiary alicyclic amines) is 1.